The quantitative estimate of drug-likeness (QED) is 0.778. The lowest BCUT2D eigenvalue weighted by molar-refractivity contribution is 0.0967. The van der Waals surface area contributed by atoms with E-state index in [9.17, 15) is 4.79 Å². The predicted molar refractivity (Wildman–Crippen MR) is 64.0 cm³/mol. The van der Waals surface area contributed by atoms with E-state index < -0.39 is 0 Å². The molecule has 90 valence electrons. The molecule has 1 amide bonds. The van der Waals surface area contributed by atoms with Crippen molar-refractivity contribution in [3.8, 4) is 0 Å². The highest BCUT2D eigenvalue weighted by Gasteiger charge is 2.19. The summed E-state index contributed by atoms with van der Waals surface area (Å²) in [6.07, 6.45) is 0.608. The summed E-state index contributed by atoms with van der Waals surface area (Å²) in [6.45, 7) is 3.66. The molecule has 5 nitrogen and oxygen atoms in total. The number of carbonyl (C=O) groups excluding carboxylic acids is 1. The number of hydrogen-bond donors (Lipinski definition) is 1. The van der Waals surface area contributed by atoms with E-state index in [1.165, 1.54) is 6.07 Å². The average Bonchev–Trinajstić information content (AvgIpc) is 2.62. The fourth-order valence-corrected chi connectivity index (χ4v) is 1.79. The third-order valence-electron chi connectivity index (χ3n) is 2.27. The van der Waals surface area contributed by atoms with Crippen LogP contribution in [0.15, 0.2) is 17.3 Å². The fourth-order valence-electron chi connectivity index (χ4n) is 1.54. The standard InChI is InChI=1S/C11H12ClN3O2/c1-6-3-8(5-9(12)13-6)11(16)14-10-4-7(2)17-15-10/h3,5,7H,4H2,1-2H3,(H,14,15,16). The summed E-state index contributed by atoms with van der Waals surface area (Å²) in [6, 6.07) is 3.19. The number of oxime groups is 1. The van der Waals surface area contributed by atoms with E-state index in [4.69, 9.17) is 16.4 Å². The number of hydrogen-bond acceptors (Lipinski definition) is 4. The smallest absolute Gasteiger partial charge is 0.256 e. The second kappa shape index (κ2) is 4.71. The molecule has 1 aliphatic heterocycles. The maximum atomic E-state index is 11.9. The van der Waals surface area contributed by atoms with Crippen LogP contribution in [0.3, 0.4) is 0 Å². The Hall–Kier alpha value is -1.62. The molecule has 2 heterocycles. The Morgan fingerprint density at radius 3 is 2.94 bits per heavy atom. The molecule has 1 aromatic heterocycles. The molecule has 1 aromatic rings. The van der Waals surface area contributed by atoms with Crippen molar-refractivity contribution in [1.82, 2.24) is 10.3 Å². The molecule has 0 radical (unpaired) electrons. The minimum atomic E-state index is -0.256. The molecular weight excluding hydrogens is 242 g/mol. The van der Waals surface area contributed by atoms with Crippen LogP contribution in [0.5, 0.6) is 0 Å². The molecule has 2 rings (SSSR count). The number of nitrogens with one attached hydrogen (secondary N) is 1. The van der Waals surface area contributed by atoms with Crippen molar-refractivity contribution in [1.29, 1.82) is 0 Å². The van der Waals surface area contributed by atoms with Gasteiger partial charge in [0, 0.05) is 17.7 Å². The van der Waals surface area contributed by atoms with Gasteiger partial charge in [0.15, 0.2) is 5.84 Å². The van der Waals surface area contributed by atoms with E-state index in [1.807, 2.05) is 6.92 Å². The van der Waals surface area contributed by atoms with Gasteiger partial charge in [0.05, 0.1) is 0 Å². The SMILES string of the molecule is Cc1cc(C(=O)NC2=NOC(C)C2)cc(Cl)n1. The van der Waals surface area contributed by atoms with E-state index in [0.717, 1.165) is 0 Å². The van der Waals surface area contributed by atoms with Gasteiger partial charge >= 0.3 is 0 Å². The number of carbonyl (C=O) groups is 1. The van der Waals surface area contributed by atoms with Crippen LogP contribution in [0, 0.1) is 6.92 Å². The van der Waals surface area contributed by atoms with E-state index in [0.29, 0.717) is 28.7 Å². The highest BCUT2D eigenvalue weighted by molar-refractivity contribution is 6.29. The van der Waals surface area contributed by atoms with Crippen molar-refractivity contribution >= 4 is 23.3 Å². The second-order valence-electron chi connectivity index (χ2n) is 3.93. The zero-order valence-corrected chi connectivity index (χ0v) is 10.3. The van der Waals surface area contributed by atoms with Gasteiger partial charge in [-0.15, -0.1) is 0 Å². The van der Waals surface area contributed by atoms with Crippen molar-refractivity contribution in [3.05, 3.63) is 28.5 Å². The molecule has 1 N–H and O–H groups in total. The predicted octanol–water partition coefficient (Wildman–Crippen LogP) is 1.90. The monoisotopic (exact) mass is 253 g/mol. The van der Waals surface area contributed by atoms with Gasteiger partial charge in [0.2, 0.25) is 0 Å². The number of pyridine rings is 1. The number of nitrogens with zero attached hydrogens (tertiary/aromatic N) is 2. The Morgan fingerprint density at radius 1 is 1.59 bits per heavy atom. The lowest BCUT2D eigenvalue weighted by Crippen LogP contribution is -2.30. The van der Waals surface area contributed by atoms with Crippen molar-refractivity contribution in [2.24, 2.45) is 5.16 Å². The first kappa shape index (κ1) is 11.9. The highest BCUT2D eigenvalue weighted by atomic mass is 35.5. The Bertz CT molecular complexity index is 467. The van der Waals surface area contributed by atoms with Crippen LogP contribution in [-0.2, 0) is 4.84 Å². The van der Waals surface area contributed by atoms with Gasteiger partial charge in [-0.1, -0.05) is 16.8 Å². The summed E-state index contributed by atoms with van der Waals surface area (Å²) in [5.74, 6) is 0.280. The first-order chi connectivity index (χ1) is 8.04. The van der Waals surface area contributed by atoms with Crippen molar-refractivity contribution in [3.63, 3.8) is 0 Å². The Kier molecular flexibility index (Phi) is 3.28. The van der Waals surface area contributed by atoms with Gasteiger partial charge in [0.1, 0.15) is 11.3 Å². The molecule has 17 heavy (non-hydrogen) atoms. The zero-order valence-electron chi connectivity index (χ0n) is 9.53. The summed E-state index contributed by atoms with van der Waals surface area (Å²) in [5.41, 5.74) is 1.16. The van der Waals surface area contributed by atoms with Crippen LogP contribution >= 0.6 is 11.6 Å². The van der Waals surface area contributed by atoms with Crippen molar-refractivity contribution in [2.75, 3.05) is 0 Å². The Morgan fingerprint density at radius 2 is 2.35 bits per heavy atom. The molecule has 0 saturated carbocycles. The van der Waals surface area contributed by atoms with Crippen LogP contribution in [0.25, 0.3) is 0 Å². The third-order valence-corrected chi connectivity index (χ3v) is 2.46. The van der Waals surface area contributed by atoms with Gasteiger partial charge in [-0.25, -0.2) is 4.98 Å². The molecule has 0 aliphatic carbocycles. The van der Waals surface area contributed by atoms with E-state index in [1.54, 1.807) is 13.0 Å². The maximum absolute atomic E-state index is 11.9. The first-order valence-electron chi connectivity index (χ1n) is 5.23. The molecule has 1 atom stereocenters. The molecule has 0 bridgehead atoms. The van der Waals surface area contributed by atoms with Crippen LogP contribution in [0.1, 0.15) is 29.4 Å². The number of aromatic nitrogens is 1. The van der Waals surface area contributed by atoms with Crippen LogP contribution in [0.2, 0.25) is 5.15 Å². The second-order valence-corrected chi connectivity index (χ2v) is 4.32. The summed E-state index contributed by atoms with van der Waals surface area (Å²) in [5, 5.41) is 6.74. The first-order valence-corrected chi connectivity index (χ1v) is 5.60. The normalized spacial score (nSPS) is 18.5. The van der Waals surface area contributed by atoms with Gasteiger partial charge in [-0.3, -0.25) is 4.79 Å². The van der Waals surface area contributed by atoms with Crippen LogP contribution in [-0.4, -0.2) is 22.8 Å². The number of amidine groups is 1. The largest absolute Gasteiger partial charge is 0.391 e. The molecule has 0 spiro atoms. The minimum Gasteiger partial charge on any atom is -0.391 e. The molecule has 0 saturated heterocycles. The lowest BCUT2D eigenvalue weighted by atomic mass is 10.2. The molecule has 6 heteroatoms. The number of halogens is 1. The Labute approximate surface area is 104 Å². The number of aryl methyl sites for hydroxylation is 1. The number of rotatable bonds is 1. The van der Waals surface area contributed by atoms with Crippen LogP contribution in [0.4, 0.5) is 0 Å². The summed E-state index contributed by atoms with van der Waals surface area (Å²) >= 11 is 5.79. The highest BCUT2D eigenvalue weighted by Crippen LogP contribution is 2.12. The van der Waals surface area contributed by atoms with Crippen LogP contribution < -0.4 is 5.32 Å². The van der Waals surface area contributed by atoms with Gasteiger partial charge in [-0.05, 0) is 26.0 Å². The molecular formula is C11H12ClN3O2. The average molecular weight is 254 g/mol. The zero-order chi connectivity index (χ0) is 12.4. The van der Waals surface area contributed by atoms with E-state index in [2.05, 4.69) is 15.5 Å². The summed E-state index contributed by atoms with van der Waals surface area (Å²) in [7, 11) is 0. The van der Waals surface area contributed by atoms with E-state index in [-0.39, 0.29) is 12.0 Å². The fraction of sp³-hybridized carbons (Fsp3) is 0.364. The van der Waals surface area contributed by atoms with E-state index >= 15 is 0 Å². The number of amides is 1. The molecule has 0 aromatic carbocycles. The van der Waals surface area contributed by atoms with Crippen molar-refractivity contribution < 1.29 is 9.63 Å². The van der Waals surface area contributed by atoms with Gasteiger partial charge in [-0.2, -0.15) is 0 Å². The lowest BCUT2D eigenvalue weighted by Gasteiger charge is -2.04. The van der Waals surface area contributed by atoms with Gasteiger partial charge in [0.25, 0.3) is 5.91 Å². The molecule has 1 aliphatic rings. The summed E-state index contributed by atoms with van der Waals surface area (Å²) in [4.78, 5) is 20.9. The minimum absolute atomic E-state index is 0.00747. The van der Waals surface area contributed by atoms with Crippen molar-refractivity contribution in [2.45, 2.75) is 26.4 Å². The molecule has 0 fully saturated rings. The third kappa shape index (κ3) is 2.94. The summed E-state index contributed by atoms with van der Waals surface area (Å²) < 4.78 is 0. The topological polar surface area (TPSA) is 63.6 Å². The Balaban J connectivity index is 2.09. The van der Waals surface area contributed by atoms with Gasteiger partial charge < -0.3 is 10.2 Å². The maximum Gasteiger partial charge on any atom is 0.256 e. The molecule has 1 unspecified atom stereocenters.